The van der Waals surface area contributed by atoms with E-state index in [0.717, 1.165) is 5.69 Å². The SMILES string of the molecule is I.NC(=NCc1cccs1)Nc1ccccc1. The number of nitrogens with zero attached hydrogens (tertiary/aromatic N) is 1. The van der Waals surface area contributed by atoms with Gasteiger partial charge in [0.25, 0.3) is 0 Å². The van der Waals surface area contributed by atoms with Crippen LogP contribution in [0.3, 0.4) is 0 Å². The summed E-state index contributed by atoms with van der Waals surface area (Å²) >= 11 is 1.68. The van der Waals surface area contributed by atoms with E-state index in [1.54, 1.807) is 11.3 Å². The fourth-order valence-corrected chi connectivity index (χ4v) is 1.90. The second-order valence-electron chi connectivity index (χ2n) is 3.27. The zero-order chi connectivity index (χ0) is 11.2. The van der Waals surface area contributed by atoms with Gasteiger partial charge in [0, 0.05) is 10.6 Å². The Kier molecular flexibility index (Phi) is 5.99. The number of thiophene rings is 1. The van der Waals surface area contributed by atoms with Gasteiger partial charge in [-0.05, 0) is 23.6 Å². The molecule has 0 amide bonds. The number of nitrogens with one attached hydrogen (secondary N) is 1. The fourth-order valence-electron chi connectivity index (χ4n) is 1.27. The Morgan fingerprint density at radius 1 is 1.18 bits per heavy atom. The molecular formula is C12H14IN3S. The Hall–Kier alpha value is -1.08. The van der Waals surface area contributed by atoms with Crippen LogP contribution in [0.1, 0.15) is 4.88 Å². The van der Waals surface area contributed by atoms with Crippen LogP contribution >= 0.6 is 35.3 Å². The van der Waals surface area contributed by atoms with Crippen LogP contribution in [-0.2, 0) is 6.54 Å². The van der Waals surface area contributed by atoms with Gasteiger partial charge in [0.05, 0.1) is 6.54 Å². The molecule has 3 nitrogen and oxygen atoms in total. The van der Waals surface area contributed by atoms with Crippen LogP contribution in [0, 0.1) is 0 Å². The van der Waals surface area contributed by atoms with E-state index in [1.807, 2.05) is 47.8 Å². The second kappa shape index (κ2) is 7.29. The predicted molar refractivity (Wildman–Crippen MR) is 85.1 cm³/mol. The van der Waals surface area contributed by atoms with E-state index < -0.39 is 0 Å². The Morgan fingerprint density at radius 2 is 1.94 bits per heavy atom. The van der Waals surface area contributed by atoms with E-state index in [-0.39, 0.29) is 24.0 Å². The highest BCUT2D eigenvalue weighted by Crippen LogP contribution is 2.09. The summed E-state index contributed by atoms with van der Waals surface area (Å²) in [4.78, 5) is 5.46. The molecule has 1 aromatic heterocycles. The Balaban J connectivity index is 0.00000144. The van der Waals surface area contributed by atoms with Gasteiger partial charge >= 0.3 is 0 Å². The van der Waals surface area contributed by atoms with Crippen LogP contribution in [0.25, 0.3) is 0 Å². The molecule has 0 atom stereocenters. The first-order valence-corrected chi connectivity index (χ1v) is 5.87. The summed E-state index contributed by atoms with van der Waals surface area (Å²) in [5.74, 6) is 0.444. The van der Waals surface area contributed by atoms with E-state index in [2.05, 4.69) is 10.3 Å². The number of halogens is 1. The summed E-state index contributed by atoms with van der Waals surface area (Å²) in [5.41, 5.74) is 6.72. The largest absolute Gasteiger partial charge is 0.370 e. The van der Waals surface area contributed by atoms with Gasteiger partial charge in [-0.15, -0.1) is 35.3 Å². The number of benzene rings is 1. The number of rotatable bonds is 3. The zero-order valence-corrected chi connectivity index (χ0v) is 12.3. The lowest BCUT2D eigenvalue weighted by Gasteiger charge is -2.04. The quantitative estimate of drug-likeness (QED) is 0.502. The van der Waals surface area contributed by atoms with E-state index in [1.165, 1.54) is 4.88 Å². The van der Waals surface area contributed by atoms with Crippen LogP contribution in [0.5, 0.6) is 0 Å². The molecule has 0 spiro atoms. The van der Waals surface area contributed by atoms with Crippen molar-refractivity contribution in [1.29, 1.82) is 0 Å². The first kappa shape index (κ1) is 14.0. The zero-order valence-electron chi connectivity index (χ0n) is 9.17. The van der Waals surface area contributed by atoms with Crippen molar-refractivity contribution in [2.75, 3.05) is 5.32 Å². The van der Waals surface area contributed by atoms with E-state index >= 15 is 0 Å². The van der Waals surface area contributed by atoms with Crippen molar-refractivity contribution in [1.82, 2.24) is 0 Å². The number of anilines is 1. The van der Waals surface area contributed by atoms with Gasteiger partial charge in [-0.3, -0.25) is 0 Å². The van der Waals surface area contributed by atoms with Crippen molar-refractivity contribution >= 4 is 47.0 Å². The highest BCUT2D eigenvalue weighted by Gasteiger charge is 1.94. The van der Waals surface area contributed by atoms with Crippen LogP contribution in [0.2, 0.25) is 0 Å². The van der Waals surface area contributed by atoms with E-state index in [0.29, 0.717) is 12.5 Å². The maximum Gasteiger partial charge on any atom is 0.193 e. The number of guanidine groups is 1. The third-order valence-corrected chi connectivity index (χ3v) is 2.89. The van der Waals surface area contributed by atoms with Gasteiger partial charge in [0.2, 0.25) is 0 Å². The van der Waals surface area contributed by atoms with Gasteiger partial charge < -0.3 is 11.1 Å². The molecule has 2 aromatic rings. The maximum atomic E-state index is 5.77. The number of hydrogen-bond acceptors (Lipinski definition) is 2. The molecule has 0 saturated carbocycles. The molecule has 0 bridgehead atoms. The van der Waals surface area contributed by atoms with Crippen LogP contribution in [0.15, 0.2) is 52.8 Å². The average molecular weight is 359 g/mol. The number of aliphatic imine (C=N–C) groups is 1. The van der Waals surface area contributed by atoms with Crippen LogP contribution < -0.4 is 11.1 Å². The molecule has 0 aliphatic rings. The molecule has 90 valence electrons. The summed E-state index contributed by atoms with van der Waals surface area (Å²) in [6, 6.07) is 13.8. The molecular weight excluding hydrogens is 345 g/mol. The van der Waals surface area contributed by atoms with Gasteiger partial charge in [-0.1, -0.05) is 24.3 Å². The lowest BCUT2D eigenvalue weighted by Crippen LogP contribution is -2.22. The molecule has 1 heterocycles. The molecule has 2 rings (SSSR count). The third-order valence-electron chi connectivity index (χ3n) is 2.03. The van der Waals surface area contributed by atoms with E-state index in [4.69, 9.17) is 5.73 Å². The third kappa shape index (κ3) is 4.74. The van der Waals surface area contributed by atoms with Gasteiger partial charge in [0.1, 0.15) is 0 Å². The monoisotopic (exact) mass is 359 g/mol. The van der Waals surface area contributed by atoms with Crippen molar-refractivity contribution in [3.63, 3.8) is 0 Å². The Morgan fingerprint density at radius 3 is 2.59 bits per heavy atom. The van der Waals surface area contributed by atoms with Crippen LogP contribution in [-0.4, -0.2) is 5.96 Å². The summed E-state index contributed by atoms with van der Waals surface area (Å²) in [6.45, 7) is 0.628. The maximum absolute atomic E-state index is 5.77. The Labute approximate surface area is 122 Å². The lowest BCUT2D eigenvalue weighted by atomic mass is 10.3. The minimum Gasteiger partial charge on any atom is -0.370 e. The van der Waals surface area contributed by atoms with Crippen molar-refractivity contribution in [3.05, 3.63) is 52.7 Å². The van der Waals surface area contributed by atoms with Crippen molar-refractivity contribution in [2.24, 2.45) is 10.7 Å². The molecule has 5 heteroatoms. The van der Waals surface area contributed by atoms with Crippen molar-refractivity contribution < 1.29 is 0 Å². The van der Waals surface area contributed by atoms with Crippen LogP contribution in [0.4, 0.5) is 5.69 Å². The highest BCUT2D eigenvalue weighted by atomic mass is 127. The molecule has 17 heavy (non-hydrogen) atoms. The first-order chi connectivity index (χ1) is 7.84. The molecule has 0 aliphatic carbocycles. The number of para-hydroxylation sites is 1. The smallest absolute Gasteiger partial charge is 0.193 e. The molecule has 3 N–H and O–H groups in total. The molecule has 0 aliphatic heterocycles. The first-order valence-electron chi connectivity index (χ1n) is 4.99. The summed E-state index contributed by atoms with van der Waals surface area (Å²) in [5, 5.41) is 5.07. The molecule has 0 fully saturated rings. The standard InChI is InChI=1S/C12H13N3S.HI/c13-12(14-9-11-7-4-8-16-11)15-10-5-2-1-3-6-10;/h1-8H,9H2,(H3,13,14,15);1H. The van der Waals surface area contributed by atoms with Gasteiger partial charge in [-0.25, -0.2) is 4.99 Å². The van der Waals surface area contributed by atoms with E-state index in [9.17, 15) is 0 Å². The molecule has 0 unspecified atom stereocenters. The van der Waals surface area contributed by atoms with Crippen molar-refractivity contribution in [3.8, 4) is 0 Å². The lowest BCUT2D eigenvalue weighted by molar-refractivity contribution is 1.09. The average Bonchev–Trinajstić information content (AvgIpc) is 2.81. The fraction of sp³-hybridized carbons (Fsp3) is 0.0833. The summed E-state index contributed by atoms with van der Waals surface area (Å²) in [7, 11) is 0. The molecule has 0 radical (unpaired) electrons. The molecule has 1 aromatic carbocycles. The van der Waals surface area contributed by atoms with Gasteiger partial charge in [0.15, 0.2) is 5.96 Å². The Bertz CT molecular complexity index is 454. The highest BCUT2D eigenvalue weighted by molar-refractivity contribution is 14.0. The van der Waals surface area contributed by atoms with Crippen molar-refractivity contribution in [2.45, 2.75) is 6.54 Å². The normalized spacial score (nSPS) is 10.7. The predicted octanol–water partition coefficient (Wildman–Crippen LogP) is 3.29. The molecule has 0 saturated heterocycles. The van der Waals surface area contributed by atoms with Gasteiger partial charge in [-0.2, -0.15) is 0 Å². The topological polar surface area (TPSA) is 50.4 Å². The second-order valence-corrected chi connectivity index (χ2v) is 4.30. The minimum absolute atomic E-state index is 0. The summed E-state index contributed by atoms with van der Waals surface area (Å²) in [6.07, 6.45) is 0. The number of hydrogen-bond donors (Lipinski definition) is 2. The minimum atomic E-state index is 0. The number of nitrogens with two attached hydrogens (primary N) is 1. The summed E-state index contributed by atoms with van der Waals surface area (Å²) < 4.78 is 0.